The summed E-state index contributed by atoms with van der Waals surface area (Å²) in [5.74, 6) is 0.122. The number of rotatable bonds is 2. The fraction of sp³-hybridized carbons (Fsp3) is 0.562. The van der Waals surface area contributed by atoms with E-state index in [9.17, 15) is 4.79 Å². The van der Waals surface area contributed by atoms with Crippen LogP contribution in [0.1, 0.15) is 36.0 Å². The Bertz CT molecular complexity index is 531. The highest BCUT2D eigenvalue weighted by atomic mass is 79.9. The normalized spacial score (nSPS) is 23.5. The number of benzene rings is 1. The van der Waals surface area contributed by atoms with Crippen LogP contribution in [0.3, 0.4) is 0 Å². The number of hydrogen-bond donors (Lipinski definition) is 1. The van der Waals surface area contributed by atoms with Crippen LogP contribution in [0.25, 0.3) is 0 Å². The SMILES string of the molecule is O=C(c1cc(S)ccc1Br)N1CCC(N2CCCCC2)C1. The number of likely N-dealkylation sites (tertiary alicyclic amines) is 2. The number of carbonyl (C=O) groups is 1. The molecule has 3 nitrogen and oxygen atoms in total. The first-order valence-electron chi connectivity index (χ1n) is 7.67. The van der Waals surface area contributed by atoms with E-state index < -0.39 is 0 Å². The standard InChI is InChI=1S/C16H21BrN2OS/c17-15-5-4-13(21)10-14(15)16(20)19-9-6-12(11-19)18-7-2-1-3-8-18/h4-5,10,12,21H,1-3,6-9,11H2. The van der Waals surface area contributed by atoms with E-state index in [-0.39, 0.29) is 5.91 Å². The first-order valence-corrected chi connectivity index (χ1v) is 8.91. The van der Waals surface area contributed by atoms with Crippen molar-refractivity contribution in [3.05, 3.63) is 28.2 Å². The Labute approximate surface area is 140 Å². The maximum Gasteiger partial charge on any atom is 0.255 e. The number of nitrogens with zero attached hydrogens (tertiary/aromatic N) is 2. The zero-order valence-electron chi connectivity index (χ0n) is 12.1. The molecule has 21 heavy (non-hydrogen) atoms. The average Bonchev–Trinajstić information content (AvgIpc) is 3.00. The van der Waals surface area contributed by atoms with Gasteiger partial charge in [-0.15, -0.1) is 12.6 Å². The Morgan fingerprint density at radius 2 is 1.95 bits per heavy atom. The molecule has 1 aromatic rings. The summed E-state index contributed by atoms with van der Waals surface area (Å²) < 4.78 is 0.853. The van der Waals surface area contributed by atoms with Gasteiger partial charge in [-0.2, -0.15) is 0 Å². The predicted octanol–water partition coefficient (Wildman–Crippen LogP) is 3.44. The second-order valence-corrected chi connectivity index (χ2v) is 7.33. The first kappa shape index (κ1) is 15.4. The molecule has 0 radical (unpaired) electrons. The van der Waals surface area contributed by atoms with E-state index in [0.29, 0.717) is 6.04 Å². The Kier molecular flexibility index (Phi) is 4.92. The third kappa shape index (κ3) is 3.46. The van der Waals surface area contributed by atoms with Gasteiger partial charge in [0.15, 0.2) is 0 Å². The number of amides is 1. The van der Waals surface area contributed by atoms with E-state index in [1.165, 1.54) is 32.4 Å². The molecule has 0 bridgehead atoms. The lowest BCUT2D eigenvalue weighted by Gasteiger charge is -2.32. The van der Waals surface area contributed by atoms with Crippen molar-refractivity contribution in [2.45, 2.75) is 36.6 Å². The van der Waals surface area contributed by atoms with Crippen LogP contribution in [0, 0.1) is 0 Å². The summed E-state index contributed by atoms with van der Waals surface area (Å²) in [7, 11) is 0. The molecule has 0 N–H and O–H groups in total. The summed E-state index contributed by atoms with van der Waals surface area (Å²) in [5, 5.41) is 0. The molecule has 2 aliphatic rings. The lowest BCUT2D eigenvalue weighted by molar-refractivity contribution is 0.0770. The number of carbonyl (C=O) groups excluding carboxylic acids is 1. The Morgan fingerprint density at radius 3 is 2.71 bits per heavy atom. The van der Waals surface area contributed by atoms with Crippen molar-refractivity contribution in [1.29, 1.82) is 0 Å². The Hall–Kier alpha value is -0.520. The molecule has 2 heterocycles. The molecule has 1 aromatic carbocycles. The summed E-state index contributed by atoms with van der Waals surface area (Å²) >= 11 is 7.82. The average molecular weight is 369 g/mol. The van der Waals surface area contributed by atoms with E-state index in [1.807, 2.05) is 23.1 Å². The molecule has 1 atom stereocenters. The van der Waals surface area contributed by atoms with E-state index in [0.717, 1.165) is 34.4 Å². The molecule has 0 aliphatic carbocycles. The fourth-order valence-corrected chi connectivity index (χ4v) is 3.98. The van der Waals surface area contributed by atoms with Gasteiger partial charge in [0.05, 0.1) is 5.56 Å². The van der Waals surface area contributed by atoms with Crippen molar-refractivity contribution in [1.82, 2.24) is 9.80 Å². The van der Waals surface area contributed by atoms with Gasteiger partial charge >= 0.3 is 0 Å². The van der Waals surface area contributed by atoms with Gasteiger partial charge in [0.1, 0.15) is 0 Å². The van der Waals surface area contributed by atoms with Crippen molar-refractivity contribution >= 4 is 34.5 Å². The predicted molar refractivity (Wildman–Crippen MR) is 91.1 cm³/mol. The van der Waals surface area contributed by atoms with Gasteiger partial charge in [-0.1, -0.05) is 6.42 Å². The summed E-state index contributed by atoms with van der Waals surface area (Å²) in [5.41, 5.74) is 0.724. The molecule has 2 aliphatic heterocycles. The second-order valence-electron chi connectivity index (χ2n) is 5.95. The summed E-state index contributed by atoms with van der Waals surface area (Å²) in [6.45, 7) is 4.12. The highest BCUT2D eigenvalue weighted by Gasteiger charge is 2.31. The third-order valence-corrected chi connectivity index (χ3v) is 5.51. The molecule has 0 saturated carbocycles. The third-order valence-electron chi connectivity index (χ3n) is 4.54. The molecule has 2 fully saturated rings. The fourth-order valence-electron chi connectivity index (χ4n) is 3.36. The van der Waals surface area contributed by atoms with E-state index in [4.69, 9.17) is 0 Å². The molecule has 3 rings (SSSR count). The van der Waals surface area contributed by atoms with E-state index >= 15 is 0 Å². The molecule has 1 amide bonds. The molecule has 0 aromatic heterocycles. The van der Waals surface area contributed by atoms with Gasteiger partial charge in [-0.3, -0.25) is 9.69 Å². The van der Waals surface area contributed by atoms with Crippen LogP contribution >= 0.6 is 28.6 Å². The van der Waals surface area contributed by atoms with Crippen LogP contribution < -0.4 is 0 Å². The monoisotopic (exact) mass is 368 g/mol. The smallest absolute Gasteiger partial charge is 0.255 e. The largest absolute Gasteiger partial charge is 0.337 e. The van der Waals surface area contributed by atoms with Crippen LogP contribution in [0.5, 0.6) is 0 Å². The topological polar surface area (TPSA) is 23.6 Å². The summed E-state index contributed by atoms with van der Waals surface area (Å²) in [6.07, 6.45) is 5.06. The van der Waals surface area contributed by atoms with Crippen molar-refractivity contribution in [2.24, 2.45) is 0 Å². The van der Waals surface area contributed by atoms with Gasteiger partial charge in [-0.25, -0.2) is 0 Å². The quantitative estimate of drug-likeness (QED) is 0.808. The van der Waals surface area contributed by atoms with E-state index in [1.54, 1.807) is 0 Å². The Morgan fingerprint density at radius 1 is 1.19 bits per heavy atom. The molecule has 1 unspecified atom stereocenters. The van der Waals surface area contributed by atoms with E-state index in [2.05, 4.69) is 33.5 Å². The van der Waals surface area contributed by atoms with Crippen molar-refractivity contribution < 1.29 is 4.79 Å². The summed E-state index contributed by atoms with van der Waals surface area (Å²) in [6, 6.07) is 6.19. The van der Waals surface area contributed by atoms with Crippen LogP contribution in [0.4, 0.5) is 0 Å². The van der Waals surface area contributed by atoms with Crippen LogP contribution in [0.2, 0.25) is 0 Å². The second kappa shape index (κ2) is 6.71. The Balaban J connectivity index is 1.67. The molecule has 114 valence electrons. The molecule has 2 saturated heterocycles. The number of halogens is 1. The number of thiol groups is 1. The highest BCUT2D eigenvalue weighted by Crippen LogP contribution is 2.25. The first-order chi connectivity index (χ1) is 10.1. The molecular weight excluding hydrogens is 348 g/mol. The maximum atomic E-state index is 12.7. The van der Waals surface area contributed by atoms with Gasteiger partial charge in [-0.05, 0) is 66.5 Å². The van der Waals surface area contributed by atoms with Gasteiger partial charge < -0.3 is 4.90 Å². The van der Waals surface area contributed by atoms with Gasteiger partial charge in [0.2, 0.25) is 0 Å². The lowest BCUT2D eigenvalue weighted by atomic mass is 10.1. The number of hydrogen-bond acceptors (Lipinski definition) is 3. The zero-order valence-corrected chi connectivity index (χ0v) is 14.6. The van der Waals surface area contributed by atoms with Crippen molar-refractivity contribution in [3.8, 4) is 0 Å². The van der Waals surface area contributed by atoms with Crippen LogP contribution in [-0.4, -0.2) is 47.9 Å². The van der Waals surface area contributed by atoms with Crippen molar-refractivity contribution in [3.63, 3.8) is 0 Å². The summed E-state index contributed by atoms with van der Waals surface area (Å²) in [4.78, 5) is 18.1. The zero-order chi connectivity index (χ0) is 14.8. The molecule has 0 spiro atoms. The minimum absolute atomic E-state index is 0.122. The van der Waals surface area contributed by atoms with Gasteiger partial charge in [0, 0.05) is 28.5 Å². The van der Waals surface area contributed by atoms with Crippen LogP contribution in [0.15, 0.2) is 27.6 Å². The van der Waals surface area contributed by atoms with Gasteiger partial charge in [0.25, 0.3) is 5.91 Å². The number of piperidine rings is 1. The maximum absolute atomic E-state index is 12.7. The highest BCUT2D eigenvalue weighted by molar-refractivity contribution is 9.10. The van der Waals surface area contributed by atoms with Crippen molar-refractivity contribution in [2.75, 3.05) is 26.2 Å². The molecular formula is C16H21BrN2OS. The minimum atomic E-state index is 0.122. The molecule has 5 heteroatoms. The lowest BCUT2D eigenvalue weighted by Crippen LogP contribution is -2.41. The van der Waals surface area contributed by atoms with Crippen LogP contribution in [-0.2, 0) is 0 Å². The minimum Gasteiger partial charge on any atom is -0.337 e.